The van der Waals surface area contributed by atoms with E-state index in [1.807, 2.05) is 0 Å². The van der Waals surface area contributed by atoms with Gasteiger partial charge in [0.25, 0.3) is 0 Å². The van der Waals surface area contributed by atoms with Gasteiger partial charge in [-0.2, -0.15) is 5.10 Å². The third kappa shape index (κ3) is 4.68. The van der Waals surface area contributed by atoms with E-state index in [1.165, 1.54) is 23.6 Å². The zero-order valence-electron chi connectivity index (χ0n) is 13.2. The van der Waals surface area contributed by atoms with Crippen LogP contribution in [0.25, 0.3) is 0 Å². The topological polar surface area (TPSA) is 72.5 Å². The molecule has 3 N–H and O–H groups in total. The van der Waals surface area contributed by atoms with Crippen LogP contribution in [-0.2, 0) is 6.61 Å². The molecule has 0 atom stereocenters. The summed E-state index contributed by atoms with van der Waals surface area (Å²) in [5.74, 6) is -0.924. The van der Waals surface area contributed by atoms with Crippen molar-refractivity contribution in [2.45, 2.75) is 6.61 Å². The Labute approximate surface area is 157 Å². The van der Waals surface area contributed by atoms with Gasteiger partial charge in [-0.15, -0.1) is 11.3 Å². The first-order valence-electron chi connectivity index (χ1n) is 7.37. The highest BCUT2D eigenvalue weighted by Crippen LogP contribution is 2.23. The summed E-state index contributed by atoms with van der Waals surface area (Å²) in [7, 11) is 0. The molecule has 26 heavy (non-hydrogen) atoms. The van der Waals surface area contributed by atoms with Crippen LogP contribution in [0.2, 0.25) is 5.02 Å². The van der Waals surface area contributed by atoms with Crippen LogP contribution in [0.1, 0.15) is 11.1 Å². The van der Waals surface area contributed by atoms with E-state index in [4.69, 9.17) is 22.1 Å². The lowest BCUT2D eigenvalue weighted by molar-refractivity contribution is 0.304. The number of ether oxygens (including phenoxy) is 1. The molecule has 0 bridgehead atoms. The summed E-state index contributed by atoms with van der Waals surface area (Å²) in [5, 5.41) is 6.82. The lowest BCUT2D eigenvalue weighted by atomic mass is 10.2. The standard InChI is InChI=1S/C17H13ClF2N4OS/c18-12-2-4-15(25-8-10-1-3-13(19)14(20)5-10)11(6-12)7-22-24-17-23-16(21)9-26-17/h1-7,9H,8,21H2,(H,23,24). The summed E-state index contributed by atoms with van der Waals surface area (Å²) in [4.78, 5) is 4.02. The lowest BCUT2D eigenvalue weighted by Gasteiger charge is -2.10. The molecular weight excluding hydrogens is 382 g/mol. The molecule has 0 aliphatic heterocycles. The summed E-state index contributed by atoms with van der Waals surface area (Å²) in [5.41, 5.74) is 9.40. The van der Waals surface area contributed by atoms with Crippen molar-refractivity contribution >= 4 is 40.1 Å². The number of hydrogen-bond acceptors (Lipinski definition) is 6. The molecule has 0 radical (unpaired) electrons. The highest BCUT2D eigenvalue weighted by molar-refractivity contribution is 7.14. The predicted molar refractivity (Wildman–Crippen MR) is 99.9 cm³/mol. The highest BCUT2D eigenvalue weighted by Gasteiger charge is 2.06. The minimum absolute atomic E-state index is 0.0656. The minimum Gasteiger partial charge on any atom is -0.488 e. The Morgan fingerprint density at radius 3 is 2.81 bits per heavy atom. The van der Waals surface area contributed by atoms with Crippen molar-refractivity contribution in [1.82, 2.24) is 4.98 Å². The van der Waals surface area contributed by atoms with Crippen molar-refractivity contribution in [3.63, 3.8) is 0 Å². The smallest absolute Gasteiger partial charge is 0.205 e. The molecule has 2 aromatic carbocycles. The van der Waals surface area contributed by atoms with Crippen LogP contribution in [0.3, 0.4) is 0 Å². The SMILES string of the molecule is Nc1csc(NN=Cc2cc(Cl)ccc2OCc2ccc(F)c(F)c2)n1. The molecule has 3 aromatic rings. The molecule has 1 heterocycles. The first-order chi connectivity index (χ1) is 12.5. The fourth-order valence-corrected chi connectivity index (χ4v) is 2.77. The summed E-state index contributed by atoms with van der Waals surface area (Å²) in [6, 6.07) is 8.61. The van der Waals surface area contributed by atoms with Gasteiger partial charge < -0.3 is 10.5 Å². The van der Waals surface area contributed by atoms with Crippen LogP contribution in [0.5, 0.6) is 5.75 Å². The highest BCUT2D eigenvalue weighted by atomic mass is 35.5. The number of thiazole rings is 1. The summed E-state index contributed by atoms with van der Waals surface area (Å²) in [6.07, 6.45) is 1.52. The minimum atomic E-state index is -0.920. The molecule has 5 nitrogen and oxygen atoms in total. The Kier molecular flexibility index (Phi) is 5.65. The van der Waals surface area contributed by atoms with Crippen LogP contribution in [0, 0.1) is 11.6 Å². The van der Waals surface area contributed by atoms with E-state index < -0.39 is 11.6 Å². The lowest BCUT2D eigenvalue weighted by Crippen LogP contribution is -2.00. The molecule has 0 unspecified atom stereocenters. The van der Waals surface area contributed by atoms with Crippen molar-refractivity contribution < 1.29 is 13.5 Å². The second-order valence-corrected chi connectivity index (χ2v) is 6.46. The molecule has 0 aliphatic carbocycles. The largest absolute Gasteiger partial charge is 0.488 e. The molecule has 134 valence electrons. The maximum absolute atomic E-state index is 13.3. The monoisotopic (exact) mass is 394 g/mol. The van der Waals surface area contributed by atoms with Gasteiger partial charge in [-0.25, -0.2) is 13.8 Å². The molecule has 9 heteroatoms. The summed E-state index contributed by atoms with van der Waals surface area (Å²) < 4.78 is 31.9. The number of halogens is 3. The molecule has 0 spiro atoms. The van der Waals surface area contributed by atoms with Gasteiger partial charge in [-0.05, 0) is 35.9 Å². The average molecular weight is 395 g/mol. The van der Waals surface area contributed by atoms with Gasteiger partial charge in [0.05, 0.1) is 6.21 Å². The van der Waals surface area contributed by atoms with Crippen LogP contribution in [0.4, 0.5) is 19.7 Å². The molecule has 1 aromatic heterocycles. The van der Waals surface area contributed by atoms with Crippen molar-refractivity contribution in [2.75, 3.05) is 11.2 Å². The third-order valence-electron chi connectivity index (χ3n) is 3.24. The Morgan fingerprint density at radius 1 is 1.23 bits per heavy atom. The van der Waals surface area contributed by atoms with Gasteiger partial charge in [0.1, 0.15) is 18.2 Å². The zero-order chi connectivity index (χ0) is 18.5. The number of benzene rings is 2. The fraction of sp³-hybridized carbons (Fsp3) is 0.0588. The van der Waals surface area contributed by atoms with E-state index in [9.17, 15) is 8.78 Å². The molecule has 0 aliphatic rings. The number of nitrogen functional groups attached to an aromatic ring is 1. The Balaban J connectivity index is 1.71. The molecular formula is C17H13ClF2N4OS. The Hall–Kier alpha value is -2.71. The second kappa shape index (κ2) is 8.11. The fourth-order valence-electron chi connectivity index (χ4n) is 2.04. The number of anilines is 2. The van der Waals surface area contributed by atoms with Crippen molar-refractivity contribution in [3.8, 4) is 5.75 Å². The number of hydrazone groups is 1. The van der Waals surface area contributed by atoms with Gasteiger partial charge in [0.2, 0.25) is 5.13 Å². The number of nitrogens with zero attached hydrogens (tertiary/aromatic N) is 2. The van der Waals surface area contributed by atoms with E-state index in [0.29, 0.717) is 32.8 Å². The molecule has 3 rings (SSSR count). The average Bonchev–Trinajstić information content (AvgIpc) is 3.02. The summed E-state index contributed by atoms with van der Waals surface area (Å²) >= 11 is 7.33. The van der Waals surface area contributed by atoms with E-state index in [1.54, 1.807) is 23.6 Å². The van der Waals surface area contributed by atoms with Gasteiger partial charge in [0.15, 0.2) is 11.6 Å². The van der Waals surface area contributed by atoms with Gasteiger partial charge >= 0.3 is 0 Å². The van der Waals surface area contributed by atoms with Crippen LogP contribution >= 0.6 is 22.9 Å². The van der Waals surface area contributed by atoms with E-state index >= 15 is 0 Å². The normalized spacial score (nSPS) is 11.0. The Morgan fingerprint density at radius 2 is 2.08 bits per heavy atom. The van der Waals surface area contributed by atoms with Crippen molar-refractivity contribution in [2.24, 2.45) is 5.10 Å². The number of nitrogens with one attached hydrogen (secondary N) is 1. The maximum Gasteiger partial charge on any atom is 0.205 e. The van der Waals surface area contributed by atoms with E-state index in [2.05, 4.69) is 15.5 Å². The third-order valence-corrected chi connectivity index (χ3v) is 4.24. The number of rotatable bonds is 6. The molecule has 0 saturated heterocycles. The first kappa shape index (κ1) is 18.1. The number of hydrogen-bond donors (Lipinski definition) is 2. The summed E-state index contributed by atoms with van der Waals surface area (Å²) in [6.45, 7) is 0.0656. The maximum atomic E-state index is 13.3. The van der Waals surface area contributed by atoms with E-state index in [-0.39, 0.29) is 6.61 Å². The van der Waals surface area contributed by atoms with Crippen molar-refractivity contribution in [3.05, 3.63) is 69.6 Å². The quantitative estimate of drug-likeness (QED) is 0.470. The zero-order valence-corrected chi connectivity index (χ0v) is 14.8. The van der Waals surface area contributed by atoms with E-state index in [0.717, 1.165) is 12.1 Å². The number of aromatic nitrogens is 1. The van der Waals surface area contributed by atoms with Crippen LogP contribution in [0.15, 0.2) is 46.9 Å². The van der Waals surface area contributed by atoms with Gasteiger partial charge in [-0.1, -0.05) is 17.7 Å². The van der Waals surface area contributed by atoms with Gasteiger partial charge in [-0.3, -0.25) is 5.43 Å². The molecule has 0 amide bonds. The van der Waals surface area contributed by atoms with Crippen molar-refractivity contribution in [1.29, 1.82) is 0 Å². The first-order valence-corrected chi connectivity index (χ1v) is 8.63. The Bertz CT molecular complexity index is 948. The van der Waals surface area contributed by atoms with Crippen LogP contribution < -0.4 is 15.9 Å². The molecule has 0 fully saturated rings. The predicted octanol–water partition coefficient (Wildman–Crippen LogP) is 4.68. The second-order valence-electron chi connectivity index (χ2n) is 5.17. The van der Waals surface area contributed by atoms with Crippen LogP contribution in [-0.4, -0.2) is 11.2 Å². The molecule has 0 saturated carbocycles. The van der Waals surface area contributed by atoms with Gasteiger partial charge in [0, 0.05) is 16.0 Å². The number of nitrogens with two attached hydrogens (primary N) is 1.